The maximum Gasteiger partial charge on any atom is 0.320 e. The Hall–Kier alpha value is -2.37. The number of likely N-dealkylation sites (N-methyl/N-ethyl adjacent to an activating group) is 1. The number of fused-ring (bicyclic) bond motifs is 1. The van der Waals surface area contributed by atoms with Crippen molar-refractivity contribution in [3.05, 3.63) is 48.0 Å². The van der Waals surface area contributed by atoms with Gasteiger partial charge in [-0.3, -0.25) is 9.67 Å². The highest BCUT2D eigenvalue weighted by Crippen LogP contribution is 2.43. The summed E-state index contributed by atoms with van der Waals surface area (Å²) < 4.78 is 1.84. The van der Waals surface area contributed by atoms with Crippen LogP contribution in [-0.2, 0) is 13.6 Å². The molecule has 2 aromatic heterocycles. The van der Waals surface area contributed by atoms with Gasteiger partial charge < -0.3 is 9.80 Å². The van der Waals surface area contributed by atoms with Gasteiger partial charge in [0.1, 0.15) is 0 Å². The van der Waals surface area contributed by atoms with E-state index in [0.717, 1.165) is 24.2 Å². The van der Waals surface area contributed by atoms with E-state index < -0.39 is 0 Å². The molecule has 1 aliphatic heterocycles. The Morgan fingerprint density at radius 3 is 2.74 bits per heavy atom. The lowest BCUT2D eigenvalue weighted by Crippen LogP contribution is -2.34. The Kier molecular flexibility index (Phi) is 3.32. The molecule has 4 rings (SSSR count). The second kappa shape index (κ2) is 5.37. The Morgan fingerprint density at radius 1 is 1.17 bits per heavy atom. The average molecular weight is 311 g/mol. The quantitative estimate of drug-likeness (QED) is 0.871. The van der Waals surface area contributed by atoms with Crippen molar-refractivity contribution < 1.29 is 4.79 Å². The number of hydrogen-bond donors (Lipinski definition) is 0. The van der Waals surface area contributed by atoms with E-state index >= 15 is 0 Å². The molecule has 3 heterocycles. The Labute approximate surface area is 135 Å². The predicted molar refractivity (Wildman–Crippen MR) is 85.7 cm³/mol. The van der Waals surface area contributed by atoms with E-state index in [0.29, 0.717) is 12.5 Å². The van der Waals surface area contributed by atoms with Crippen LogP contribution in [0, 0.1) is 0 Å². The molecule has 0 bridgehead atoms. The van der Waals surface area contributed by atoms with Gasteiger partial charge in [-0.15, -0.1) is 0 Å². The molecule has 3 atom stereocenters. The van der Waals surface area contributed by atoms with Crippen molar-refractivity contribution in [2.24, 2.45) is 7.05 Å². The van der Waals surface area contributed by atoms with Crippen LogP contribution in [0.2, 0.25) is 0 Å². The van der Waals surface area contributed by atoms with Gasteiger partial charge in [0.25, 0.3) is 0 Å². The predicted octanol–water partition coefficient (Wildman–Crippen LogP) is 2.00. The standard InChI is InChI=1S/C17H21N5O/c1-20-16-13(14-5-3-4-9-18-14)6-7-15(16)22(17(20)23)11-12-8-10-19-21(12)2/h3-5,8-10,13,15-16H,6-7,11H2,1-2H3/t13-,15-,16+/m0/s1. The summed E-state index contributed by atoms with van der Waals surface area (Å²) in [6, 6.07) is 8.61. The first-order valence-corrected chi connectivity index (χ1v) is 8.08. The fourth-order valence-corrected chi connectivity index (χ4v) is 4.13. The summed E-state index contributed by atoms with van der Waals surface area (Å²) in [7, 11) is 3.84. The zero-order chi connectivity index (χ0) is 16.0. The molecule has 0 radical (unpaired) electrons. The molecule has 2 fully saturated rings. The minimum atomic E-state index is 0.113. The molecule has 0 spiro atoms. The van der Waals surface area contributed by atoms with Crippen molar-refractivity contribution in [2.75, 3.05) is 7.05 Å². The Bertz CT molecular complexity index is 713. The monoisotopic (exact) mass is 311 g/mol. The van der Waals surface area contributed by atoms with Crippen molar-refractivity contribution in [2.45, 2.75) is 37.4 Å². The summed E-state index contributed by atoms with van der Waals surface area (Å²) in [5.74, 6) is 0.326. The summed E-state index contributed by atoms with van der Waals surface area (Å²) in [5, 5.41) is 4.21. The first-order chi connectivity index (χ1) is 11.2. The van der Waals surface area contributed by atoms with Crippen LogP contribution < -0.4 is 0 Å². The van der Waals surface area contributed by atoms with Crippen LogP contribution in [0.5, 0.6) is 0 Å². The van der Waals surface area contributed by atoms with Crippen LogP contribution >= 0.6 is 0 Å². The lowest BCUT2D eigenvalue weighted by atomic mass is 9.97. The first kappa shape index (κ1) is 14.2. The number of amides is 2. The Balaban J connectivity index is 1.61. The molecule has 0 N–H and O–H groups in total. The number of aryl methyl sites for hydroxylation is 1. The summed E-state index contributed by atoms with van der Waals surface area (Å²) in [6.07, 6.45) is 5.72. The normalized spacial score (nSPS) is 26.9. The van der Waals surface area contributed by atoms with E-state index in [1.807, 2.05) is 53.0 Å². The third-order valence-corrected chi connectivity index (χ3v) is 5.30. The number of rotatable bonds is 3. The molecule has 1 saturated carbocycles. The van der Waals surface area contributed by atoms with Crippen LogP contribution in [0.3, 0.4) is 0 Å². The van der Waals surface area contributed by atoms with Crippen molar-refractivity contribution in [3.8, 4) is 0 Å². The highest BCUT2D eigenvalue weighted by Gasteiger charge is 2.51. The minimum Gasteiger partial charge on any atom is -0.322 e. The van der Waals surface area contributed by atoms with Crippen LogP contribution in [0.25, 0.3) is 0 Å². The van der Waals surface area contributed by atoms with Crippen LogP contribution in [-0.4, -0.2) is 49.7 Å². The highest BCUT2D eigenvalue weighted by molar-refractivity contribution is 5.78. The minimum absolute atomic E-state index is 0.113. The summed E-state index contributed by atoms with van der Waals surface area (Å²) in [5.41, 5.74) is 2.16. The number of aromatic nitrogens is 3. The zero-order valence-electron chi connectivity index (χ0n) is 13.5. The van der Waals surface area contributed by atoms with Gasteiger partial charge in [0.2, 0.25) is 0 Å². The van der Waals surface area contributed by atoms with Crippen molar-refractivity contribution in [1.29, 1.82) is 0 Å². The van der Waals surface area contributed by atoms with Crippen LogP contribution in [0.1, 0.15) is 30.1 Å². The number of carbonyl (C=O) groups excluding carboxylic acids is 1. The molecule has 2 aliphatic rings. The molecule has 2 aromatic rings. The summed E-state index contributed by atoms with van der Waals surface area (Å²) >= 11 is 0. The third-order valence-electron chi connectivity index (χ3n) is 5.30. The molecule has 6 nitrogen and oxygen atoms in total. The maximum atomic E-state index is 12.7. The van der Waals surface area contributed by atoms with Gasteiger partial charge in [0.05, 0.1) is 24.3 Å². The molecule has 6 heteroatoms. The van der Waals surface area contributed by atoms with Crippen molar-refractivity contribution in [3.63, 3.8) is 0 Å². The number of urea groups is 1. The molecule has 1 saturated heterocycles. The number of nitrogens with zero attached hydrogens (tertiary/aromatic N) is 5. The fraction of sp³-hybridized carbons (Fsp3) is 0.471. The molecule has 0 unspecified atom stereocenters. The molecule has 120 valence electrons. The van der Waals surface area contributed by atoms with Gasteiger partial charge in [0.15, 0.2) is 0 Å². The highest BCUT2D eigenvalue weighted by atomic mass is 16.2. The van der Waals surface area contributed by atoms with E-state index in [1.165, 1.54) is 0 Å². The molecular formula is C17H21N5O. The van der Waals surface area contributed by atoms with Gasteiger partial charge in [-0.05, 0) is 31.0 Å². The molecule has 2 amide bonds. The van der Waals surface area contributed by atoms with Gasteiger partial charge in [0, 0.05) is 38.1 Å². The third kappa shape index (κ3) is 2.20. The maximum absolute atomic E-state index is 12.7. The van der Waals surface area contributed by atoms with Crippen molar-refractivity contribution >= 4 is 6.03 Å². The topological polar surface area (TPSA) is 54.3 Å². The van der Waals surface area contributed by atoms with E-state index in [4.69, 9.17) is 0 Å². The Morgan fingerprint density at radius 2 is 2.04 bits per heavy atom. The molecule has 0 aromatic carbocycles. The first-order valence-electron chi connectivity index (χ1n) is 8.08. The number of carbonyl (C=O) groups is 1. The fourth-order valence-electron chi connectivity index (χ4n) is 4.13. The van der Waals surface area contributed by atoms with E-state index in [1.54, 1.807) is 6.20 Å². The molecule has 23 heavy (non-hydrogen) atoms. The second-order valence-corrected chi connectivity index (χ2v) is 6.46. The van der Waals surface area contributed by atoms with Gasteiger partial charge in [-0.1, -0.05) is 6.07 Å². The average Bonchev–Trinajstić information content (AvgIpc) is 3.23. The van der Waals surface area contributed by atoms with Gasteiger partial charge in [-0.2, -0.15) is 5.10 Å². The molecular weight excluding hydrogens is 290 g/mol. The molecule has 1 aliphatic carbocycles. The smallest absolute Gasteiger partial charge is 0.320 e. The lowest BCUT2D eigenvalue weighted by Gasteiger charge is -2.24. The largest absolute Gasteiger partial charge is 0.322 e. The van der Waals surface area contributed by atoms with Crippen LogP contribution in [0.4, 0.5) is 4.79 Å². The summed E-state index contributed by atoms with van der Waals surface area (Å²) in [4.78, 5) is 21.2. The van der Waals surface area contributed by atoms with E-state index in [9.17, 15) is 4.79 Å². The van der Waals surface area contributed by atoms with E-state index in [2.05, 4.69) is 16.1 Å². The SMILES string of the molecule is CN1C(=O)N(Cc2ccnn2C)[C@H]2CC[C@@H](c3ccccn3)[C@H]21. The van der Waals surface area contributed by atoms with Gasteiger partial charge >= 0.3 is 6.03 Å². The second-order valence-electron chi connectivity index (χ2n) is 6.46. The zero-order valence-corrected chi connectivity index (χ0v) is 13.5. The van der Waals surface area contributed by atoms with Crippen molar-refractivity contribution in [1.82, 2.24) is 24.6 Å². The lowest BCUT2D eigenvalue weighted by molar-refractivity contribution is 0.183. The van der Waals surface area contributed by atoms with Gasteiger partial charge in [-0.25, -0.2) is 4.79 Å². The van der Waals surface area contributed by atoms with E-state index in [-0.39, 0.29) is 18.1 Å². The number of pyridine rings is 1. The summed E-state index contributed by atoms with van der Waals surface area (Å²) in [6.45, 7) is 0.621. The van der Waals surface area contributed by atoms with Crippen LogP contribution in [0.15, 0.2) is 36.7 Å². The number of hydrogen-bond acceptors (Lipinski definition) is 3.